The minimum absolute atomic E-state index is 0.215. The number of anilines is 2. The molecular weight excluding hydrogens is 368 g/mol. The van der Waals surface area contributed by atoms with Crippen LogP contribution in [0.2, 0.25) is 0 Å². The van der Waals surface area contributed by atoms with Crippen molar-refractivity contribution in [3.8, 4) is 0 Å². The summed E-state index contributed by atoms with van der Waals surface area (Å²) in [4.78, 5) is 9.20. The van der Waals surface area contributed by atoms with Gasteiger partial charge in [0.05, 0.1) is 18.8 Å². The Kier molecular flexibility index (Phi) is 5.68. The molecule has 0 bridgehead atoms. The Balaban J connectivity index is 1.59. The lowest BCUT2D eigenvalue weighted by atomic mass is 9.95. The van der Waals surface area contributed by atoms with E-state index in [4.69, 9.17) is 4.98 Å². The molecule has 0 spiro atoms. The second-order valence-electron chi connectivity index (χ2n) is 8.03. The highest BCUT2D eigenvalue weighted by molar-refractivity contribution is 5.61. The zero-order valence-electron chi connectivity index (χ0n) is 17.3. The second kappa shape index (κ2) is 8.38. The van der Waals surface area contributed by atoms with Crippen molar-refractivity contribution in [1.29, 1.82) is 0 Å². The lowest BCUT2D eigenvalue weighted by molar-refractivity contribution is 0.0883. The third-order valence-corrected chi connectivity index (χ3v) is 5.60. The molecule has 1 aliphatic rings. The first-order chi connectivity index (χ1) is 14.0. The van der Waals surface area contributed by atoms with Gasteiger partial charge >= 0.3 is 0 Å². The van der Waals surface area contributed by atoms with E-state index >= 15 is 0 Å². The van der Waals surface area contributed by atoms with E-state index in [1.165, 1.54) is 0 Å². The van der Waals surface area contributed by atoms with Crippen LogP contribution >= 0.6 is 0 Å². The summed E-state index contributed by atoms with van der Waals surface area (Å²) in [7, 11) is 1.98. The lowest BCUT2D eigenvalue weighted by Gasteiger charge is -2.28. The molecule has 156 valence electrons. The summed E-state index contributed by atoms with van der Waals surface area (Å²) < 4.78 is 3.84. The molecule has 9 heteroatoms. The van der Waals surface area contributed by atoms with Crippen molar-refractivity contribution in [3.05, 3.63) is 36.0 Å². The first kappa shape index (κ1) is 19.7. The topological polar surface area (TPSA) is 104 Å². The molecule has 3 aromatic rings. The fourth-order valence-electron chi connectivity index (χ4n) is 3.71. The van der Waals surface area contributed by atoms with Crippen molar-refractivity contribution in [3.63, 3.8) is 0 Å². The SMILES string of the molecule is CC(C)c1cnn2c(NCc3nccn3C)cc(NC[C@H]3CCNC[C@@H]3O)nc12. The summed E-state index contributed by atoms with van der Waals surface area (Å²) >= 11 is 0. The van der Waals surface area contributed by atoms with Gasteiger partial charge < -0.3 is 25.6 Å². The predicted octanol–water partition coefficient (Wildman–Crippen LogP) is 1.58. The summed E-state index contributed by atoms with van der Waals surface area (Å²) in [5.41, 5.74) is 1.95. The van der Waals surface area contributed by atoms with Gasteiger partial charge in [-0.05, 0) is 18.9 Å². The molecule has 0 unspecified atom stereocenters. The number of hydrogen-bond donors (Lipinski definition) is 4. The Hall–Kier alpha value is -2.65. The van der Waals surface area contributed by atoms with Crippen molar-refractivity contribution in [2.24, 2.45) is 13.0 Å². The van der Waals surface area contributed by atoms with Crippen molar-refractivity contribution in [2.45, 2.75) is 38.8 Å². The van der Waals surface area contributed by atoms with E-state index in [0.29, 0.717) is 25.6 Å². The van der Waals surface area contributed by atoms with Crippen LogP contribution in [-0.4, -0.2) is 55.0 Å². The van der Waals surface area contributed by atoms with Crippen molar-refractivity contribution in [1.82, 2.24) is 29.5 Å². The number of piperidine rings is 1. The number of aromatic nitrogens is 5. The molecule has 4 N–H and O–H groups in total. The summed E-state index contributed by atoms with van der Waals surface area (Å²) in [6.07, 6.45) is 6.23. The molecule has 0 aliphatic carbocycles. The average Bonchev–Trinajstić information content (AvgIpc) is 3.31. The zero-order valence-corrected chi connectivity index (χ0v) is 17.3. The summed E-state index contributed by atoms with van der Waals surface area (Å²) in [5.74, 6) is 3.13. The number of hydrogen-bond acceptors (Lipinski definition) is 7. The van der Waals surface area contributed by atoms with Gasteiger partial charge in [0.25, 0.3) is 0 Å². The maximum atomic E-state index is 10.2. The van der Waals surface area contributed by atoms with E-state index in [2.05, 4.69) is 39.9 Å². The Labute approximate surface area is 170 Å². The fourth-order valence-corrected chi connectivity index (χ4v) is 3.71. The van der Waals surface area contributed by atoms with Crippen LogP contribution in [0, 0.1) is 5.92 Å². The maximum Gasteiger partial charge on any atom is 0.163 e. The van der Waals surface area contributed by atoms with Crippen LogP contribution < -0.4 is 16.0 Å². The van der Waals surface area contributed by atoms with Gasteiger partial charge in [0.15, 0.2) is 5.65 Å². The molecule has 1 aliphatic heterocycles. The molecule has 1 saturated heterocycles. The van der Waals surface area contributed by atoms with Gasteiger partial charge in [-0.1, -0.05) is 13.8 Å². The number of rotatable bonds is 7. The van der Waals surface area contributed by atoms with Crippen LogP contribution in [0.25, 0.3) is 5.65 Å². The monoisotopic (exact) mass is 398 g/mol. The summed E-state index contributed by atoms with van der Waals surface area (Å²) in [6, 6.07) is 1.97. The number of imidazole rings is 1. The highest BCUT2D eigenvalue weighted by Gasteiger charge is 2.23. The van der Waals surface area contributed by atoms with Gasteiger partial charge in [-0.15, -0.1) is 0 Å². The first-order valence-corrected chi connectivity index (χ1v) is 10.2. The minimum atomic E-state index is -0.331. The molecule has 4 heterocycles. The third kappa shape index (κ3) is 4.20. The number of β-amino-alcohol motifs (C(OH)–C–C–N with tert-alkyl or cyclic N) is 1. The molecule has 9 nitrogen and oxygen atoms in total. The number of nitrogens with one attached hydrogen (secondary N) is 3. The minimum Gasteiger partial charge on any atom is -0.391 e. The van der Waals surface area contributed by atoms with E-state index in [9.17, 15) is 5.11 Å². The van der Waals surface area contributed by atoms with E-state index < -0.39 is 0 Å². The Morgan fingerprint density at radius 3 is 2.93 bits per heavy atom. The third-order valence-electron chi connectivity index (χ3n) is 5.60. The van der Waals surface area contributed by atoms with Gasteiger partial charge in [0.2, 0.25) is 0 Å². The second-order valence-corrected chi connectivity index (χ2v) is 8.03. The summed E-state index contributed by atoms with van der Waals surface area (Å²) in [5, 5.41) is 24.9. The number of nitrogens with zero attached hydrogens (tertiary/aromatic N) is 5. The van der Waals surface area contributed by atoms with E-state index in [1.807, 2.05) is 34.6 Å². The standard InChI is InChI=1S/C20H30N8O/c1-13(2)15-10-25-28-18(24-12-19-22-6-7-27(19)3)8-17(26-20(15)28)23-9-14-4-5-21-11-16(14)29/h6-8,10,13-14,16,21,24,29H,4-5,9,11-12H2,1-3H3,(H,23,26)/t14-,16+/m1/s1. The quantitative estimate of drug-likeness (QED) is 0.479. The van der Waals surface area contributed by atoms with Gasteiger partial charge in [-0.25, -0.2) is 9.97 Å². The molecule has 2 atom stereocenters. The Morgan fingerprint density at radius 1 is 1.34 bits per heavy atom. The highest BCUT2D eigenvalue weighted by Crippen LogP contribution is 2.25. The van der Waals surface area contributed by atoms with E-state index in [-0.39, 0.29) is 12.0 Å². The fraction of sp³-hybridized carbons (Fsp3) is 0.550. The number of fused-ring (bicyclic) bond motifs is 1. The molecule has 1 fully saturated rings. The number of aliphatic hydroxyl groups excluding tert-OH is 1. The van der Waals surface area contributed by atoms with E-state index in [1.54, 1.807) is 6.20 Å². The molecule has 0 radical (unpaired) electrons. The number of aryl methyl sites for hydroxylation is 1. The van der Waals surface area contributed by atoms with Gasteiger partial charge in [-0.3, -0.25) is 0 Å². The highest BCUT2D eigenvalue weighted by atomic mass is 16.3. The molecule has 3 aromatic heterocycles. The van der Waals surface area contributed by atoms with Crippen LogP contribution in [0.1, 0.15) is 37.6 Å². The molecule has 29 heavy (non-hydrogen) atoms. The predicted molar refractivity (Wildman–Crippen MR) is 113 cm³/mol. The average molecular weight is 399 g/mol. The lowest BCUT2D eigenvalue weighted by Crippen LogP contribution is -2.43. The van der Waals surface area contributed by atoms with Crippen LogP contribution in [-0.2, 0) is 13.6 Å². The van der Waals surface area contributed by atoms with Crippen molar-refractivity contribution >= 4 is 17.3 Å². The Bertz CT molecular complexity index is 963. The molecule has 4 rings (SSSR count). The smallest absolute Gasteiger partial charge is 0.163 e. The van der Waals surface area contributed by atoms with E-state index in [0.717, 1.165) is 41.6 Å². The normalized spacial score (nSPS) is 19.8. The van der Waals surface area contributed by atoms with Crippen molar-refractivity contribution < 1.29 is 5.11 Å². The number of aliphatic hydroxyl groups is 1. The molecule has 0 aromatic carbocycles. The zero-order chi connectivity index (χ0) is 20.4. The Morgan fingerprint density at radius 2 is 2.21 bits per heavy atom. The van der Waals surface area contributed by atoms with Crippen LogP contribution in [0.15, 0.2) is 24.7 Å². The van der Waals surface area contributed by atoms with Crippen molar-refractivity contribution in [2.75, 3.05) is 30.3 Å². The largest absolute Gasteiger partial charge is 0.391 e. The van der Waals surface area contributed by atoms with Crippen LogP contribution in [0.5, 0.6) is 0 Å². The molecular formula is C20H30N8O. The maximum absolute atomic E-state index is 10.2. The molecule has 0 amide bonds. The van der Waals surface area contributed by atoms with Crippen LogP contribution in [0.4, 0.5) is 11.6 Å². The molecule has 0 saturated carbocycles. The van der Waals surface area contributed by atoms with Gasteiger partial charge in [0, 0.05) is 50.1 Å². The first-order valence-electron chi connectivity index (χ1n) is 10.2. The van der Waals surface area contributed by atoms with Crippen LogP contribution in [0.3, 0.4) is 0 Å². The summed E-state index contributed by atoms with van der Waals surface area (Å²) in [6.45, 7) is 7.15. The van der Waals surface area contributed by atoms with Gasteiger partial charge in [-0.2, -0.15) is 9.61 Å². The van der Waals surface area contributed by atoms with Gasteiger partial charge in [0.1, 0.15) is 17.5 Å².